The highest BCUT2D eigenvalue weighted by atomic mass is 16.5. The van der Waals surface area contributed by atoms with Crippen molar-refractivity contribution in [3.63, 3.8) is 0 Å². The standard InChI is InChI=1S/C12H17NO4/c1-3-17-11-7-5-4-6-9(11)13-10(8-16-2)12(14)15/h4-7,10,13H,3,8H2,1-2H3,(H,14,15). The van der Waals surface area contributed by atoms with Gasteiger partial charge in [-0.15, -0.1) is 0 Å². The highest BCUT2D eigenvalue weighted by Gasteiger charge is 2.18. The molecule has 1 rings (SSSR count). The molecule has 0 aromatic heterocycles. The van der Waals surface area contributed by atoms with Crippen molar-refractivity contribution in [2.24, 2.45) is 0 Å². The molecule has 0 bridgehead atoms. The monoisotopic (exact) mass is 239 g/mol. The molecule has 2 N–H and O–H groups in total. The summed E-state index contributed by atoms with van der Waals surface area (Å²) >= 11 is 0. The Morgan fingerprint density at radius 1 is 1.47 bits per heavy atom. The maximum Gasteiger partial charge on any atom is 0.328 e. The summed E-state index contributed by atoms with van der Waals surface area (Å²) in [5, 5.41) is 11.9. The number of anilines is 1. The molecule has 1 unspecified atom stereocenters. The first-order chi connectivity index (χ1) is 8.19. The fraction of sp³-hybridized carbons (Fsp3) is 0.417. The predicted molar refractivity (Wildman–Crippen MR) is 64.5 cm³/mol. The van der Waals surface area contributed by atoms with Gasteiger partial charge in [-0.2, -0.15) is 0 Å². The van der Waals surface area contributed by atoms with E-state index >= 15 is 0 Å². The average molecular weight is 239 g/mol. The van der Waals surface area contributed by atoms with Crippen LogP contribution in [-0.4, -0.2) is 37.4 Å². The SMILES string of the molecule is CCOc1ccccc1NC(COC)C(=O)O. The van der Waals surface area contributed by atoms with Crippen LogP contribution < -0.4 is 10.1 Å². The molecule has 1 aromatic carbocycles. The molecule has 0 heterocycles. The fourth-order valence-electron chi connectivity index (χ4n) is 1.40. The molecular weight excluding hydrogens is 222 g/mol. The minimum absolute atomic E-state index is 0.0930. The average Bonchev–Trinajstić information content (AvgIpc) is 2.31. The Bertz CT molecular complexity index is 367. The Morgan fingerprint density at radius 3 is 2.76 bits per heavy atom. The van der Waals surface area contributed by atoms with Crippen molar-refractivity contribution < 1.29 is 19.4 Å². The molecule has 0 aliphatic carbocycles. The molecule has 0 aliphatic rings. The molecule has 0 radical (unpaired) electrons. The summed E-state index contributed by atoms with van der Waals surface area (Å²) in [5.41, 5.74) is 0.652. The van der Waals surface area contributed by atoms with Crippen molar-refractivity contribution in [1.29, 1.82) is 0 Å². The second-order valence-corrected chi connectivity index (χ2v) is 3.42. The molecule has 17 heavy (non-hydrogen) atoms. The number of carboxylic acids is 1. The molecule has 5 heteroatoms. The van der Waals surface area contributed by atoms with Crippen LogP contribution in [0.2, 0.25) is 0 Å². The van der Waals surface area contributed by atoms with Crippen LogP contribution in [0, 0.1) is 0 Å². The lowest BCUT2D eigenvalue weighted by Gasteiger charge is -2.17. The number of carboxylic acid groups (broad SMARTS) is 1. The van der Waals surface area contributed by atoms with Gasteiger partial charge in [-0.25, -0.2) is 4.79 Å². The number of methoxy groups -OCH3 is 1. The molecule has 0 saturated heterocycles. The summed E-state index contributed by atoms with van der Waals surface area (Å²) in [5.74, 6) is -0.324. The van der Waals surface area contributed by atoms with Gasteiger partial charge in [0.25, 0.3) is 0 Å². The summed E-state index contributed by atoms with van der Waals surface area (Å²) in [6.45, 7) is 2.50. The van der Waals surface area contributed by atoms with Crippen molar-refractivity contribution in [3.8, 4) is 5.75 Å². The Morgan fingerprint density at radius 2 is 2.18 bits per heavy atom. The predicted octanol–water partition coefficient (Wildman–Crippen LogP) is 1.60. The third-order valence-electron chi connectivity index (χ3n) is 2.15. The lowest BCUT2D eigenvalue weighted by Crippen LogP contribution is -2.33. The van der Waals surface area contributed by atoms with E-state index < -0.39 is 12.0 Å². The van der Waals surface area contributed by atoms with Crippen LogP contribution in [0.25, 0.3) is 0 Å². The zero-order chi connectivity index (χ0) is 12.7. The molecule has 1 atom stereocenters. The molecule has 1 aromatic rings. The van der Waals surface area contributed by atoms with Crippen molar-refractivity contribution in [1.82, 2.24) is 0 Å². The van der Waals surface area contributed by atoms with Gasteiger partial charge in [0.1, 0.15) is 11.8 Å². The Labute approximate surface area is 100 Å². The van der Waals surface area contributed by atoms with Gasteiger partial charge >= 0.3 is 5.97 Å². The number of hydrogen-bond donors (Lipinski definition) is 2. The molecular formula is C12H17NO4. The van der Waals surface area contributed by atoms with E-state index in [2.05, 4.69) is 5.32 Å². The summed E-state index contributed by atoms with van der Waals surface area (Å²) < 4.78 is 10.3. The quantitative estimate of drug-likeness (QED) is 0.756. The number of para-hydroxylation sites is 2. The van der Waals surface area contributed by atoms with Gasteiger partial charge in [0, 0.05) is 7.11 Å². The normalized spacial score (nSPS) is 11.9. The zero-order valence-electron chi connectivity index (χ0n) is 9.97. The van der Waals surface area contributed by atoms with Crippen LogP contribution in [0.5, 0.6) is 5.75 Å². The molecule has 0 amide bonds. The van der Waals surface area contributed by atoms with E-state index in [1.807, 2.05) is 19.1 Å². The van der Waals surface area contributed by atoms with E-state index in [4.69, 9.17) is 14.6 Å². The van der Waals surface area contributed by atoms with Gasteiger partial charge in [-0.05, 0) is 19.1 Å². The van der Waals surface area contributed by atoms with Crippen LogP contribution in [0.15, 0.2) is 24.3 Å². The number of hydrogen-bond acceptors (Lipinski definition) is 4. The van der Waals surface area contributed by atoms with Crippen molar-refractivity contribution >= 4 is 11.7 Å². The fourth-order valence-corrected chi connectivity index (χ4v) is 1.40. The van der Waals surface area contributed by atoms with Crippen LogP contribution in [0.4, 0.5) is 5.69 Å². The van der Waals surface area contributed by atoms with E-state index in [1.165, 1.54) is 7.11 Å². The van der Waals surface area contributed by atoms with Crippen molar-refractivity contribution in [2.45, 2.75) is 13.0 Å². The molecule has 0 spiro atoms. The van der Waals surface area contributed by atoms with Crippen LogP contribution in [-0.2, 0) is 9.53 Å². The lowest BCUT2D eigenvalue weighted by atomic mass is 10.2. The van der Waals surface area contributed by atoms with Gasteiger partial charge in [0.05, 0.1) is 18.9 Å². The second kappa shape index (κ2) is 6.75. The number of aliphatic carboxylic acids is 1. The van der Waals surface area contributed by atoms with Crippen LogP contribution >= 0.6 is 0 Å². The lowest BCUT2D eigenvalue weighted by molar-refractivity contribution is -0.139. The van der Waals surface area contributed by atoms with Crippen molar-refractivity contribution in [3.05, 3.63) is 24.3 Å². The van der Waals surface area contributed by atoms with E-state index in [9.17, 15) is 4.79 Å². The van der Waals surface area contributed by atoms with Gasteiger partial charge in [-0.1, -0.05) is 12.1 Å². The minimum atomic E-state index is -0.960. The largest absolute Gasteiger partial charge is 0.492 e. The summed E-state index contributed by atoms with van der Waals surface area (Å²) in [6, 6.07) is 6.43. The van der Waals surface area contributed by atoms with E-state index in [1.54, 1.807) is 12.1 Å². The number of carbonyl (C=O) groups is 1. The molecule has 94 valence electrons. The number of nitrogens with one attached hydrogen (secondary N) is 1. The minimum Gasteiger partial charge on any atom is -0.492 e. The highest BCUT2D eigenvalue weighted by molar-refractivity contribution is 5.78. The maximum absolute atomic E-state index is 11.0. The van der Waals surface area contributed by atoms with E-state index in [0.717, 1.165) is 0 Å². The third-order valence-corrected chi connectivity index (χ3v) is 2.15. The first kappa shape index (κ1) is 13.3. The highest BCUT2D eigenvalue weighted by Crippen LogP contribution is 2.24. The van der Waals surface area contributed by atoms with E-state index in [-0.39, 0.29) is 6.61 Å². The molecule has 0 fully saturated rings. The molecule has 0 aliphatic heterocycles. The molecule has 0 saturated carbocycles. The molecule has 5 nitrogen and oxygen atoms in total. The smallest absolute Gasteiger partial charge is 0.328 e. The number of rotatable bonds is 7. The van der Waals surface area contributed by atoms with Crippen molar-refractivity contribution in [2.75, 3.05) is 25.6 Å². The Hall–Kier alpha value is -1.75. The first-order valence-corrected chi connectivity index (χ1v) is 5.39. The number of benzene rings is 1. The first-order valence-electron chi connectivity index (χ1n) is 5.39. The summed E-state index contributed by atoms with van der Waals surface area (Å²) in [7, 11) is 1.46. The summed E-state index contributed by atoms with van der Waals surface area (Å²) in [6.07, 6.45) is 0. The van der Waals surface area contributed by atoms with Gasteiger partial charge in [0.15, 0.2) is 0 Å². The Kier molecular flexibility index (Phi) is 5.29. The Balaban J connectivity index is 2.80. The summed E-state index contributed by atoms with van der Waals surface area (Å²) in [4.78, 5) is 11.0. The van der Waals surface area contributed by atoms with Crippen LogP contribution in [0.1, 0.15) is 6.92 Å². The second-order valence-electron chi connectivity index (χ2n) is 3.42. The van der Waals surface area contributed by atoms with Gasteiger partial charge < -0.3 is 19.9 Å². The van der Waals surface area contributed by atoms with E-state index in [0.29, 0.717) is 18.0 Å². The maximum atomic E-state index is 11.0. The number of ether oxygens (including phenoxy) is 2. The zero-order valence-corrected chi connectivity index (χ0v) is 9.97. The third kappa shape index (κ3) is 3.96. The van der Waals surface area contributed by atoms with Gasteiger partial charge in [-0.3, -0.25) is 0 Å². The van der Waals surface area contributed by atoms with Crippen LogP contribution in [0.3, 0.4) is 0 Å². The van der Waals surface area contributed by atoms with Gasteiger partial charge in [0.2, 0.25) is 0 Å². The topological polar surface area (TPSA) is 67.8 Å².